The third-order valence-corrected chi connectivity index (χ3v) is 8.27. The molecule has 0 bridgehead atoms. The molecule has 0 heterocycles. The zero-order valence-electron chi connectivity index (χ0n) is 29.3. The molecule has 0 amide bonds. The summed E-state index contributed by atoms with van der Waals surface area (Å²) in [6, 6.07) is 19.8. The Morgan fingerprint density at radius 2 is 0.741 bits per heavy atom. The van der Waals surface area contributed by atoms with E-state index in [1.165, 1.54) is 0 Å². The van der Waals surface area contributed by atoms with Crippen molar-refractivity contribution in [1.29, 1.82) is 0 Å². The van der Waals surface area contributed by atoms with Gasteiger partial charge >= 0.3 is 0 Å². The fourth-order valence-electron chi connectivity index (χ4n) is 4.89. The number of benzene rings is 4. The lowest BCUT2D eigenvalue weighted by atomic mass is 9.77. The largest absolute Gasteiger partial charge is 0.504 e. The van der Waals surface area contributed by atoms with Crippen LogP contribution in [0.25, 0.3) is 0 Å². The summed E-state index contributed by atoms with van der Waals surface area (Å²) in [5.74, 6) is 0.702. The molecule has 284 valence electrons. The number of terminal acetylenes is 4. The average molecular weight is 782 g/mol. The summed E-state index contributed by atoms with van der Waals surface area (Å²) in [6.45, 7) is 7.73. The number of carbonyl (C=O) groups excluding carboxylic acids is 2. The summed E-state index contributed by atoms with van der Waals surface area (Å²) in [6.07, 6.45) is 28.5. The molecule has 10 N–H and O–H groups in total. The molecular formula is C40H38Cl2O12. The number of phenols is 2. The lowest BCUT2D eigenvalue weighted by Crippen LogP contribution is -2.20. The molecule has 0 aliphatic carbocycles. The molecule has 0 fully saturated rings. The van der Waals surface area contributed by atoms with E-state index in [1.807, 2.05) is 52.1 Å². The first-order valence-corrected chi connectivity index (χ1v) is 15.2. The minimum Gasteiger partial charge on any atom is -0.504 e. The van der Waals surface area contributed by atoms with Gasteiger partial charge in [0.25, 0.3) is 10.5 Å². The Morgan fingerprint density at radius 3 is 0.981 bits per heavy atom. The molecule has 12 nitrogen and oxygen atoms in total. The third kappa shape index (κ3) is 11.3. The summed E-state index contributed by atoms with van der Waals surface area (Å²) < 4.78 is 19.7. The summed E-state index contributed by atoms with van der Waals surface area (Å²) in [7, 11) is 0. The van der Waals surface area contributed by atoms with Gasteiger partial charge in [-0.1, -0.05) is 77.7 Å². The van der Waals surface area contributed by atoms with E-state index in [0.29, 0.717) is 0 Å². The van der Waals surface area contributed by atoms with Crippen LogP contribution in [0.3, 0.4) is 0 Å². The van der Waals surface area contributed by atoms with Crippen molar-refractivity contribution in [1.82, 2.24) is 0 Å². The number of aromatic hydroxyl groups is 2. The Morgan fingerprint density at radius 1 is 0.500 bits per heavy atom. The molecule has 4 rings (SSSR count). The first-order valence-electron chi connectivity index (χ1n) is 14.5. The van der Waals surface area contributed by atoms with Crippen LogP contribution in [0, 0.1) is 50.1 Å². The molecule has 0 atom stereocenters. The number of hydrogen-bond acceptors (Lipinski definition) is 8. The number of hydrogen-bond donors (Lipinski definition) is 2. The van der Waals surface area contributed by atoms with Gasteiger partial charge in [0.15, 0.2) is 34.5 Å². The Hall–Kier alpha value is -6.32. The molecule has 54 heavy (non-hydrogen) atoms. The van der Waals surface area contributed by atoms with Gasteiger partial charge < -0.3 is 51.1 Å². The summed E-state index contributed by atoms with van der Waals surface area (Å²) in [5.41, 5.74) is 2.31. The topological polar surface area (TPSA) is 238 Å². The molecule has 0 unspecified atom stereocenters. The number of phenolic OH excluding ortho intramolecular Hbond substituents is 2. The van der Waals surface area contributed by atoms with Crippen LogP contribution in [-0.4, -0.2) is 42.6 Å². The van der Waals surface area contributed by atoms with Crippen molar-refractivity contribution in [2.75, 3.05) is 0 Å². The molecule has 0 aliphatic rings. The Bertz CT molecular complexity index is 1970. The van der Waals surface area contributed by atoms with Crippen LogP contribution in [0.4, 0.5) is 0 Å². The van der Waals surface area contributed by atoms with Crippen molar-refractivity contribution in [3.8, 4) is 84.6 Å². The van der Waals surface area contributed by atoms with Gasteiger partial charge in [-0.05, 0) is 94.0 Å². The second-order valence-electron chi connectivity index (χ2n) is 11.5. The molecular weight excluding hydrogens is 743 g/mol. The van der Waals surface area contributed by atoms with Gasteiger partial charge in [-0.15, -0.1) is 0 Å². The predicted octanol–water partition coefficient (Wildman–Crippen LogP) is 4.77. The van der Waals surface area contributed by atoms with Crippen LogP contribution in [0.15, 0.2) is 72.8 Å². The Kier molecular flexibility index (Phi) is 19.6. The highest BCUT2D eigenvalue weighted by molar-refractivity contribution is 6.68. The van der Waals surface area contributed by atoms with Crippen LogP contribution in [0.2, 0.25) is 0 Å². The summed E-state index contributed by atoms with van der Waals surface area (Å²) in [4.78, 5) is 23.5. The van der Waals surface area contributed by atoms with Crippen LogP contribution in [0.5, 0.6) is 34.5 Å². The smallest absolute Gasteiger partial charge is 0.256 e. The van der Waals surface area contributed by atoms with E-state index in [0.717, 1.165) is 22.3 Å². The van der Waals surface area contributed by atoms with Gasteiger partial charge in [0.2, 0.25) is 0 Å². The normalized spacial score (nSPS) is 9.67. The van der Waals surface area contributed by atoms with E-state index in [2.05, 4.69) is 0 Å². The fourth-order valence-corrected chi connectivity index (χ4v) is 5.19. The van der Waals surface area contributed by atoms with Crippen molar-refractivity contribution in [3.63, 3.8) is 0 Å². The SMILES string of the molecule is C#COc1ccc(C(C)(C)c2ccc(OC#C)c(C(=O)Cl)c2)cc1C(=O)Cl.C#COc1ccc(C(C)(C)c2ccc(OC#C)c(O)c2)cc1O.O.O.O.O. The first-order chi connectivity index (χ1) is 23.6. The average Bonchev–Trinajstić information content (AvgIpc) is 3.07. The van der Waals surface area contributed by atoms with Crippen LogP contribution < -0.4 is 18.9 Å². The number of halogens is 2. The van der Waals surface area contributed by atoms with Crippen molar-refractivity contribution in [2.24, 2.45) is 0 Å². The number of carbonyl (C=O) groups is 2. The standard InChI is InChI=1S/C21H14Cl2O4.C19H16O4.4H2O/c1-5-26-17-9-7-13(11-15(17)19(22)24)21(3,4)14-8-10-18(27-6-2)16(12-14)20(23)25;1-5-22-17-9-7-13(11-15(17)20)19(3,4)14-8-10-18(23-6-2)16(21)12-14;;;;/h1-2,7-12H,3-4H3;1-2,7-12,20-21H,3-4H3;4*1H2. The fraction of sp³-hybridized carbons (Fsp3) is 0.150. The third-order valence-electron chi connectivity index (χ3n) is 7.86. The zero-order chi connectivity index (χ0) is 37.2. The molecule has 0 radical (unpaired) electrons. The van der Waals surface area contributed by atoms with E-state index in [-0.39, 0.29) is 67.5 Å². The van der Waals surface area contributed by atoms with Crippen molar-refractivity contribution < 1.29 is 60.7 Å². The molecule has 0 spiro atoms. The van der Waals surface area contributed by atoms with E-state index in [1.54, 1.807) is 72.8 Å². The van der Waals surface area contributed by atoms with Gasteiger partial charge in [0.1, 0.15) is 24.4 Å². The molecule has 0 aromatic heterocycles. The molecule has 4 aromatic carbocycles. The van der Waals surface area contributed by atoms with Crippen LogP contribution >= 0.6 is 23.2 Å². The Labute approximate surface area is 322 Å². The zero-order valence-corrected chi connectivity index (χ0v) is 30.8. The molecule has 0 saturated heterocycles. The van der Waals surface area contributed by atoms with Crippen molar-refractivity contribution in [3.05, 3.63) is 106 Å². The summed E-state index contributed by atoms with van der Waals surface area (Å²) in [5, 5.41) is 18.6. The second-order valence-corrected chi connectivity index (χ2v) is 12.2. The minimum atomic E-state index is -0.702. The highest BCUT2D eigenvalue weighted by Crippen LogP contribution is 2.40. The first kappa shape index (κ1) is 49.8. The van der Waals surface area contributed by atoms with Crippen molar-refractivity contribution in [2.45, 2.75) is 38.5 Å². The maximum atomic E-state index is 11.7. The Balaban J connectivity index is 0. The molecule has 0 aliphatic heterocycles. The lowest BCUT2D eigenvalue weighted by molar-refractivity contribution is 0.107. The monoisotopic (exact) mass is 780 g/mol. The number of rotatable bonds is 10. The minimum absolute atomic E-state index is 0. The van der Waals surface area contributed by atoms with Gasteiger partial charge in [0, 0.05) is 10.8 Å². The van der Waals surface area contributed by atoms with E-state index >= 15 is 0 Å². The van der Waals surface area contributed by atoms with E-state index in [9.17, 15) is 19.8 Å². The highest BCUT2D eigenvalue weighted by atomic mass is 35.5. The van der Waals surface area contributed by atoms with Gasteiger partial charge in [-0.3, -0.25) is 9.59 Å². The van der Waals surface area contributed by atoms with Gasteiger partial charge in [0.05, 0.1) is 11.1 Å². The highest BCUT2D eigenvalue weighted by Gasteiger charge is 2.28. The predicted molar refractivity (Wildman–Crippen MR) is 206 cm³/mol. The maximum absolute atomic E-state index is 11.7. The quantitative estimate of drug-likeness (QED) is 0.167. The second kappa shape index (κ2) is 21.3. The van der Waals surface area contributed by atoms with Crippen LogP contribution in [0.1, 0.15) is 70.7 Å². The van der Waals surface area contributed by atoms with Gasteiger partial charge in [-0.25, -0.2) is 0 Å². The number of ether oxygens (including phenoxy) is 4. The van der Waals surface area contributed by atoms with Crippen LogP contribution in [-0.2, 0) is 10.8 Å². The van der Waals surface area contributed by atoms with E-state index < -0.39 is 21.3 Å². The maximum Gasteiger partial charge on any atom is 0.256 e. The molecule has 14 heteroatoms. The molecule has 0 saturated carbocycles. The van der Waals surface area contributed by atoms with Crippen molar-refractivity contribution >= 4 is 33.7 Å². The lowest BCUT2D eigenvalue weighted by Gasteiger charge is -2.27. The molecule has 4 aromatic rings. The summed E-state index contributed by atoms with van der Waals surface area (Å²) >= 11 is 11.3. The van der Waals surface area contributed by atoms with Gasteiger partial charge in [-0.2, -0.15) is 0 Å². The van der Waals surface area contributed by atoms with E-state index in [4.69, 9.17) is 67.8 Å².